The van der Waals surface area contributed by atoms with Gasteiger partial charge in [0.25, 0.3) is 0 Å². The van der Waals surface area contributed by atoms with Crippen molar-refractivity contribution < 1.29 is 4.79 Å². The summed E-state index contributed by atoms with van der Waals surface area (Å²) in [6.07, 6.45) is 6.17. The topological polar surface area (TPSA) is 17.1 Å². The Morgan fingerprint density at radius 3 is 2.80 bits per heavy atom. The molecule has 2 rings (SSSR count). The van der Waals surface area contributed by atoms with Crippen LogP contribution in [0.2, 0.25) is 0 Å². The van der Waals surface area contributed by atoms with Gasteiger partial charge in [-0.3, -0.25) is 4.79 Å². The van der Waals surface area contributed by atoms with E-state index in [9.17, 15) is 4.79 Å². The van der Waals surface area contributed by atoms with Gasteiger partial charge in [0, 0.05) is 4.88 Å². The molecular formula is C13H16OS. The third kappa shape index (κ3) is 2.20. The summed E-state index contributed by atoms with van der Waals surface area (Å²) in [6.45, 7) is 5.50. The third-order valence-corrected chi connectivity index (χ3v) is 4.09. The van der Waals surface area contributed by atoms with Gasteiger partial charge in [-0.15, -0.1) is 11.3 Å². The van der Waals surface area contributed by atoms with Crippen molar-refractivity contribution in [2.45, 2.75) is 39.0 Å². The van der Waals surface area contributed by atoms with Gasteiger partial charge in [0.1, 0.15) is 0 Å². The molecule has 1 aromatic rings. The van der Waals surface area contributed by atoms with E-state index >= 15 is 0 Å². The number of carbonyl (C=O) groups excluding carboxylic acids is 1. The highest BCUT2D eigenvalue weighted by atomic mass is 32.1. The number of allylic oxidation sites excluding steroid dienone is 1. The van der Waals surface area contributed by atoms with Gasteiger partial charge in [-0.2, -0.15) is 0 Å². The van der Waals surface area contributed by atoms with Crippen LogP contribution in [0.25, 0.3) is 0 Å². The number of ketones is 1. The van der Waals surface area contributed by atoms with Crippen LogP contribution in [0, 0.1) is 0 Å². The van der Waals surface area contributed by atoms with Gasteiger partial charge in [0.15, 0.2) is 5.78 Å². The molecule has 0 amide bonds. The molecule has 0 saturated heterocycles. The molecule has 80 valence electrons. The van der Waals surface area contributed by atoms with Crippen molar-refractivity contribution in [1.82, 2.24) is 0 Å². The summed E-state index contributed by atoms with van der Waals surface area (Å²) in [7, 11) is 0. The predicted molar refractivity (Wildman–Crippen MR) is 64.7 cm³/mol. The Morgan fingerprint density at radius 1 is 1.33 bits per heavy atom. The second-order valence-electron chi connectivity index (χ2n) is 4.23. The van der Waals surface area contributed by atoms with E-state index in [1.54, 1.807) is 18.3 Å². The molecule has 0 aromatic carbocycles. The molecule has 1 aliphatic carbocycles. The fraction of sp³-hybridized carbons (Fsp3) is 0.462. The number of hydrogen-bond donors (Lipinski definition) is 0. The first-order valence-corrected chi connectivity index (χ1v) is 6.32. The average molecular weight is 220 g/mol. The second kappa shape index (κ2) is 4.31. The number of Topliss-reactive ketones (excluding diaryl/α,β-unsaturated/α-hetero) is 1. The molecule has 0 saturated carbocycles. The van der Waals surface area contributed by atoms with E-state index in [0.29, 0.717) is 5.57 Å². The van der Waals surface area contributed by atoms with Crippen molar-refractivity contribution in [3.63, 3.8) is 0 Å². The smallest absolute Gasteiger partial charge is 0.198 e. The highest BCUT2D eigenvalue weighted by Gasteiger charge is 2.16. The molecule has 0 N–H and O–H groups in total. The highest BCUT2D eigenvalue weighted by molar-refractivity contribution is 7.14. The maximum absolute atomic E-state index is 11.8. The zero-order valence-corrected chi connectivity index (χ0v) is 9.95. The first-order chi connectivity index (χ1) is 7.18. The minimum Gasteiger partial charge on any atom is -0.288 e. The Bertz CT molecular complexity index is 377. The first-order valence-electron chi connectivity index (χ1n) is 5.50. The van der Waals surface area contributed by atoms with Crippen LogP contribution in [0.5, 0.6) is 0 Å². The van der Waals surface area contributed by atoms with Gasteiger partial charge in [0.2, 0.25) is 0 Å². The zero-order chi connectivity index (χ0) is 10.8. The summed E-state index contributed by atoms with van der Waals surface area (Å²) in [5.41, 5.74) is 2.05. The molecule has 0 radical (unpaired) electrons. The van der Waals surface area contributed by atoms with E-state index in [2.05, 4.69) is 12.6 Å². The van der Waals surface area contributed by atoms with Crippen LogP contribution in [0.15, 0.2) is 18.2 Å². The fourth-order valence-electron chi connectivity index (χ4n) is 1.99. The lowest BCUT2D eigenvalue weighted by Crippen LogP contribution is -1.95. The molecule has 2 heteroatoms. The molecule has 1 heterocycles. The largest absolute Gasteiger partial charge is 0.288 e. The van der Waals surface area contributed by atoms with Gasteiger partial charge in [-0.25, -0.2) is 0 Å². The van der Waals surface area contributed by atoms with E-state index < -0.39 is 0 Å². The van der Waals surface area contributed by atoms with Crippen molar-refractivity contribution in [2.24, 2.45) is 0 Å². The zero-order valence-electron chi connectivity index (χ0n) is 9.14. The number of fused-ring (bicyclic) bond motifs is 1. The summed E-state index contributed by atoms with van der Waals surface area (Å²) in [6, 6.07) is 2.09. The summed E-state index contributed by atoms with van der Waals surface area (Å²) in [5, 5.41) is 0. The van der Waals surface area contributed by atoms with Gasteiger partial charge >= 0.3 is 0 Å². The minimum atomic E-state index is 0.119. The Balaban J connectivity index is 2.29. The van der Waals surface area contributed by atoms with Crippen LogP contribution in [0.4, 0.5) is 0 Å². The van der Waals surface area contributed by atoms with E-state index in [4.69, 9.17) is 0 Å². The first kappa shape index (κ1) is 10.6. The van der Waals surface area contributed by atoms with Gasteiger partial charge < -0.3 is 0 Å². The van der Waals surface area contributed by atoms with Crippen molar-refractivity contribution >= 4 is 17.1 Å². The van der Waals surface area contributed by atoms with E-state index in [1.807, 2.05) is 0 Å². The highest BCUT2D eigenvalue weighted by Crippen LogP contribution is 2.29. The van der Waals surface area contributed by atoms with Crippen molar-refractivity contribution in [3.05, 3.63) is 33.5 Å². The van der Waals surface area contributed by atoms with Crippen molar-refractivity contribution in [2.75, 3.05) is 0 Å². The summed E-state index contributed by atoms with van der Waals surface area (Å²) < 4.78 is 0. The van der Waals surface area contributed by atoms with Crippen LogP contribution < -0.4 is 0 Å². The number of rotatable bonds is 2. The Hall–Kier alpha value is -0.890. The monoisotopic (exact) mass is 220 g/mol. The number of aryl methyl sites for hydroxylation is 2. The number of thiophene rings is 1. The van der Waals surface area contributed by atoms with Crippen LogP contribution in [0.1, 0.15) is 46.3 Å². The van der Waals surface area contributed by atoms with E-state index in [-0.39, 0.29) is 5.78 Å². The summed E-state index contributed by atoms with van der Waals surface area (Å²) in [5.74, 6) is 0.119. The van der Waals surface area contributed by atoms with Crippen molar-refractivity contribution in [3.8, 4) is 0 Å². The Kier molecular flexibility index (Phi) is 3.06. The average Bonchev–Trinajstić information content (AvgIpc) is 2.49. The molecule has 1 aromatic heterocycles. The van der Waals surface area contributed by atoms with Crippen LogP contribution in [0.3, 0.4) is 0 Å². The van der Waals surface area contributed by atoms with Crippen molar-refractivity contribution in [1.29, 1.82) is 0 Å². The molecule has 0 unspecified atom stereocenters. The van der Waals surface area contributed by atoms with Gasteiger partial charge in [0.05, 0.1) is 4.88 Å². The van der Waals surface area contributed by atoms with E-state index in [0.717, 1.165) is 17.7 Å². The third-order valence-electron chi connectivity index (χ3n) is 2.86. The minimum absolute atomic E-state index is 0.119. The van der Waals surface area contributed by atoms with Gasteiger partial charge in [-0.1, -0.05) is 13.0 Å². The molecule has 1 nitrogen and oxygen atoms in total. The number of carbonyl (C=O) groups is 1. The Labute approximate surface area is 94.8 Å². The SMILES string of the molecule is C=C(C)C(=O)c1cc2c(s1)CCCCC2. The summed E-state index contributed by atoms with van der Waals surface area (Å²) >= 11 is 1.67. The standard InChI is InChI=1S/C13H16OS/c1-9(2)13(14)12-8-10-6-4-3-5-7-11(10)15-12/h8H,1,3-7H2,2H3. The molecule has 0 aliphatic heterocycles. The van der Waals surface area contributed by atoms with Crippen LogP contribution in [-0.2, 0) is 12.8 Å². The maximum Gasteiger partial charge on any atom is 0.198 e. The lowest BCUT2D eigenvalue weighted by Gasteiger charge is -1.94. The quantitative estimate of drug-likeness (QED) is 0.421. The summed E-state index contributed by atoms with van der Waals surface area (Å²) in [4.78, 5) is 14.1. The number of hydrogen-bond acceptors (Lipinski definition) is 2. The molecule has 1 aliphatic rings. The van der Waals surface area contributed by atoms with Gasteiger partial charge in [-0.05, 0) is 49.8 Å². The molecule has 15 heavy (non-hydrogen) atoms. The molecule has 0 bridgehead atoms. The maximum atomic E-state index is 11.8. The lowest BCUT2D eigenvalue weighted by molar-refractivity contribution is 0.103. The normalized spacial score (nSPS) is 15.5. The molecule has 0 fully saturated rings. The second-order valence-corrected chi connectivity index (χ2v) is 5.37. The predicted octanol–water partition coefficient (Wildman–Crippen LogP) is 3.78. The molecular weight excluding hydrogens is 204 g/mol. The Morgan fingerprint density at radius 2 is 2.07 bits per heavy atom. The van der Waals surface area contributed by atoms with Crippen LogP contribution >= 0.6 is 11.3 Å². The molecule has 0 spiro atoms. The van der Waals surface area contributed by atoms with E-state index in [1.165, 1.54) is 29.7 Å². The van der Waals surface area contributed by atoms with Crippen LogP contribution in [-0.4, -0.2) is 5.78 Å². The fourth-order valence-corrected chi connectivity index (χ4v) is 3.26. The molecule has 0 atom stereocenters. The lowest BCUT2D eigenvalue weighted by atomic mass is 10.1.